The van der Waals surface area contributed by atoms with Gasteiger partial charge in [-0.15, -0.1) is 0 Å². The van der Waals surface area contributed by atoms with Gasteiger partial charge in [-0.25, -0.2) is 8.42 Å². The summed E-state index contributed by atoms with van der Waals surface area (Å²) in [4.78, 5) is 11.7. The third-order valence-electron chi connectivity index (χ3n) is 4.26. The van der Waals surface area contributed by atoms with Crippen LogP contribution in [0.25, 0.3) is 0 Å². The summed E-state index contributed by atoms with van der Waals surface area (Å²) in [5, 5.41) is 8.67. The van der Waals surface area contributed by atoms with E-state index in [4.69, 9.17) is 17.3 Å². The summed E-state index contributed by atoms with van der Waals surface area (Å²) in [6.07, 6.45) is 0. The molecule has 0 aromatic heterocycles. The average Bonchev–Trinajstić information content (AvgIpc) is 3.17. The first-order valence-corrected chi connectivity index (χ1v) is 9.68. The maximum Gasteiger partial charge on any atom is 0.325 e. The van der Waals surface area contributed by atoms with Crippen LogP contribution in [0.1, 0.15) is 11.5 Å². The van der Waals surface area contributed by atoms with Gasteiger partial charge in [0.25, 0.3) is 0 Å². The van der Waals surface area contributed by atoms with Gasteiger partial charge in [-0.3, -0.25) is 4.79 Å². The molecule has 0 amide bonds. The van der Waals surface area contributed by atoms with Crippen molar-refractivity contribution in [1.29, 1.82) is 0 Å². The van der Waals surface area contributed by atoms with E-state index in [1.54, 1.807) is 24.3 Å². The number of hydrogen-bond donors (Lipinski definition) is 2. The molecule has 1 saturated carbocycles. The third-order valence-corrected chi connectivity index (χ3v) is 7.30. The Morgan fingerprint density at radius 2 is 1.67 bits per heavy atom. The van der Waals surface area contributed by atoms with Crippen molar-refractivity contribution >= 4 is 43.3 Å². The van der Waals surface area contributed by atoms with Crippen molar-refractivity contribution in [2.75, 3.05) is 0 Å². The smallest absolute Gasteiger partial charge is 0.325 e. The minimum absolute atomic E-state index is 0.00702. The molecule has 5 nitrogen and oxygen atoms in total. The monoisotopic (exact) mass is 429 g/mol. The summed E-state index contributed by atoms with van der Waals surface area (Å²) in [6.45, 7) is 0. The Labute approximate surface area is 152 Å². The molecule has 3 rings (SSSR count). The fourth-order valence-electron chi connectivity index (χ4n) is 2.96. The molecule has 0 heterocycles. The van der Waals surface area contributed by atoms with Gasteiger partial charge in [0, 0.05) is 15.4 Å². The maximum absolute atomic E-state index is 12.9. The van der Waals surface area contributed by atoms with Crippen molar-refractivity contribution in [3.63, 3.8) is 0 Å². The predicted octanol–water partition coefficient (Wildman–Crippen LogP) is 2.82. The number of aliphatic carboxylic acids is 1. The first-order valence-electron chi connectivity index (χ1n) is 6.96. The molecule has 0 aliphatic heterocycles. The molecule has 24 heavy (non-hydrogen) atoms. The quantitative estimate of drug-likeness (QED) is 0.777. The molecule has 2 aromatic rings. The first kappa shape index (κ1) is 17.4. The summed E-state index contributed by atoms with van der Waals surface area (Å²) >= 11 is 9.08. The van der Waals surface area contributed by atoms with Gasteiger partial charge in [-0.1, -0.05) is 39.7 Å². The summed E-state index contributed by atoms with van der Waals surface area (Å²) in [5.41, 5.74) is 4.70. The van der Waals surface area contributed by atoms with Crippen molar-refractivity contribution in [3.05, 3.63) is 63.6 Å². The van der Waals surface area contributed by atoms with Gasteiger partial charge in [0.1, 0.15) is 10.8 Å². The van der Waals surface area contributed by atoms with E-state index in [0.29, 0.717) is 10.6 Å². The molecule has 3 atom stereocenters. The lowest BCUT2D eigenvalue weighted by molar-refractivity contribution is -0.139. The van der Waals surface area contributed by atoms with E-state index in [9.17, 15) is 18.3 Å². The third kappa shape index (κ3) is 2.65. The molecule has 126 valence electrons. The zero-order valence-electron chi connectivity index (χ0n) is 12.2. The summed E-state index contributed by atoms with van der Waals surface area (Å²) in [7, 11) is -3.92. The topological polar surface area (TPSA) is 97.5 Å². The standard InChI is InChI=1S/C16H13BrClNO4S/c17-10-3-1-9(2-4-10)13-14(16(13,19)15(20)21)24(22,23)12-7-5-11(18)6-8-12/h1-8,13-14H,19H2,(H,20,21)/t13-,14+,16-/m1/s1. The largest absolute Gasteiger partial charge is 0.480 e. The Hall–Kier alpha value is -1.41. The van der Waals surface area contributed by atoms with Gasteiger partial charge in [-0.2, -0.15) is 0 Å². The van der Waals surface area contributed by atoms with Gasteiger partial charge >= 0.3 is 5.97 Å². The van der Waals surface area contributed by atoms with Crippen LogP contribution in [0.3, 0.4) is 0 Å². The van der Waals surface area contributed by atoms with Crippen LogP contribution in [0.5, 0.6) is 0 Å². The summed E-state index contributed by atoms with van der Waals surface area (Å²) in [6, 6.07) is 12.4. The molecular weight excluding hydrogens is 418 g/mol. The van der Waals surface area contributed by atoms with Crippen LogP contribution < -0.4 is 5.73 Å². The predicted molar refractivity (Wildman–Crippen MR) is 93.9 cm³/mol. The number of carboxylic acid groups (broad SMARTS) is 1. The number of hydrogen-bond acceptors (Lipinski definition) is 4. The van der Waals surface area contributed by atoms with E-state index in [2.05, 4.69) is 15.9 Å². The Balaban J connectivity index is 2.06. The normalized spacial score (nSPS) is 26.1. The van der Waals surface area contributed by atoms with Crippen LogP contribution in [0.4, 0.5) is 0 Å². The Kier molecular flexibility index (Phi) is 4.24. The number of carboxylic acids is 1. The van der Waals surface area contributed by atoms with E-state index in [-0.39, 0.29) is 4.90 Å². The number of nitrogens with two attached hydrogens (primary N) is 1. The number of rotatable bonds is 4. The summed E-state index contributed by atoms with van der Waals surface area (Å²) < 4.78 is 26.6. The number of benzene rings is 2. The zero-order chi connectivity index (χ0) is 17.7. The number of halogens is 2. The fourth-order valence-corrected chi connectivity index (χ4v) is 5.58. The van der Waals surface area contributed by atoms with Crippen LogP contribution in [0.15, 0.2) is 57.9 Å². The lowest BCUT2D eigenvalue weighted by atomic mass is 10.1. The van der Waals surface area contributed by atoms with Crippen LogP contribution in [0, 0.1) is 0 Å². The Morgan fingerprint density at radius 3 is 2.17 bits per heavy atom. The molecule has 0 bridgehead atoms. The van der Waals surface area contributed by atoms with Gasteiger partial charge in [-0.05, 0) is 42.0 Å². The highest BCUT2D eigenvalue weighted by atomic mass is 79.9. The Morgan fingerprint density at radius 1 is 1.12 bits per heavy atom. The molecule has 0 unspecified atom stereocenters. The summed E-state index contributed by atoms with van der Waals surface area (Å²) in [5.74, 6) is -2.15. The fraction of sp³-hybridized carbons (Fsp3) is 0.188. The van der Waals surface area contributed by atoms with Crippen LogP contribution in [-0.4, -0.2) is 30.3 Å². The molecule has 3 N–H and O–H groups in total. The van der Waals surface area contributed by atoms with Crippen molar-refractivity contribution in [1.82, 2.24) is 0 Å². The number of sulfone groups is 1. The zero-order valence-corrected chi connectivity index (χ0v) is 15.3. The minimum atomic E-state index is -3.92. The van der Waals surface area contributed by atoms with Crippen molar-refractivity contribution in [3.8, 4) is 0 Å². The van der Waals surface area contributed by atoms with Gasteiger partial charge in [0.2, 0.25) is 0 Å². The minimum Gasteiger partial charge on any atom is -0.480 e. The molecule has 8 heteroatoms. The van der Waals surface area contributed by atoms with Crippen molar-refractivity contribution in [2.24, 2.45) is 5.73 Å². The highest BCUT2D eigenvalue weighted by Gasteiger charge is 2.74. The molecule has 1 aliphatic carbocycles. The highest BCUT2D eigenvalue weighted by molar-refractivity contribution is 9.10. The van der Waals surface area contributed by atoms with Crippen molar-refractivity contribution in [2.45, 2.75) is 21.6 Å². The van der Waals surface area contributed by atoms with Crippen LogP contribution in [-0.2, 0) is 14.6 Å². The second-order valence-electron chi connectivity index (χ2n) is 5.69. The van der Waals surface area contributed by atoms with E-state index < -0.39 is 32.5 Å². The molecule has 1 fully saturated rings. The SMILES string of the molecule is N[C@]1(C(=O)O)[C@H](c2ccc(Br)cc2)[C@@H]1S(=O)(=O)c1ccc(Cl)cc1. The Bertz CT molecular complexity index is 899. The maximum atomic E-state index is 12.9. The second-order valence-corrected chi connectivity index (χ2v) is 9.11. The van der Waals surface area contributed by atoms with E-state index in [1.165, 1.54) is 24.3 Å². The van der Waals surface area contributed by atoms with Gasteiger partial charge in [0.05, 0.1) is 4.90 Å². The lowest BCUT2D eigenvalue weighted by Crippen LogP contribution is -2.39. The van der Waals surface area contributed by atoms with Gasteiger partial charge < -0.3 is 10.8 Å². The lowest BCUT2D eigenvalue weighted by Gasteiger charge is -2.07. The molecule has 0 spiro atoms. The average molecular weight is 431 g/mol. The second kappa shape index (κ2) is 5.84. The first-order chi connectivity index (χ1) is 11.2. The van der Waals surface area contributed by atoms with Crippen LogP contribution in [0.2, 0.25) is 5.02 Å². The van der Waals surface area contributed by atoms with Gasteiger partial charge in [0.15, 0.2) is 9.84 Å². The number of carbonyl (C=O) groups is 1. The molecular formula is C16H13BrClNO4S. The highest BCUT2D eigenvalue weighted by Crippen LogP contribution is 2.55. The van der Waals surface area contributed by atoms with Crippen molar-refractivity contribution < 1.29 is 18.3 Å². The molecule has 2 aromatic carbocycles. The molecule has 1 aliphatic rings. The van der Waals surface area contributed by atoms with E-state index >= 15 is 0 Å². The van der Waals surface area contributed by atoms with E-state index in [1.807, 2.05) is 0 Å². The molecule has 0 radical (unpaired) electrons. The van der Waals surface area contributed by atoms with Crippen LogP contribution >= 0.6 is 27.5 Å². The van der Waals surface area contributed by atoms with E-state index in [0.717, 1.165) is 4.47 Å². The molecule has 0 saturated heterocycles.